The van der Waals surface area contributed by atoms with E-state index in [2.05, 4.69) is 10.3 Å². The number of furan rings is 1. The molecule has 0 fully saturated rings. The average Bonchev–Trinajstić information content (AvgIpc) is 2.90. The standard InChI is InChI=1S/C11H13N3O2/c1-14-7-6-12-10(14)4-5-13-11(15)9-3-2-8-16-9/h2-3,6-8H,4-5H2,1H3,(H,13,15). The maximum atomic E-state index is 11.5. The Balaban J connectivity index is 1.81. The maximum Gasteiger partial charge on any atom is 0.286 e. The van der Waals surface area contributed by atoms with Gasteiger partial charge in [-0.2, -0.15) is 0 Å². The van der Waals surface area contributed by atoms with Crippen molar-refractivity contribution in [3.8, 4) is 0 Å². The first-order chi connectivity index (χ1) is 7.77. The number of hydrogen-bond donors (Lipinski definition) is 1. The number of aryl methyl sites for hydroxylation is 1. The van der Waals surface area contributed by atoms with Crippen molar-refractivity contribution < 1.29 is 9.21 Å². The van der Waals surface area contributed by atoms with E-state index in [0.29, 0.717) is 18.7 Å². The molecule has 84 valence electrons. The molecule has 2 aromatic rings. The second-order valence-electron chi connectivity index (χ2n) is 3.44. The lowest BCUT2D eigenvalue weighted by atomic mass is 10.3. The highest BCUT2D eigenvalue weighted by atomic mass is 16.3. The van der Waals surface area contributed by atoms with Gasteiger partial charge in [0.25, 0.3) is 5.91 Å². The normalized spacial score (nSPS) is 10.3. The summed E-state index contributed by atoms with van der Waals surface area (Å²) in [7, 11) is 1.93. The summed E-state index contributed by atoms with van der Waals surface area (Å²) in [4.78, 5) is 15.7. The van der Waals surface area contributed by atoms with Crippen LogP contribution in [0.4, 0.5) is 0 Å². The first kappa shape index (κ1) is 10.5. The van der Waals surface area contributed by atoms with Crippen molar-refractivity contribution in [1.29, 1.82) is 0 Å². The van der Waals surface area contributed by atoms with E-state index in [1.54, 1.807) is 18.3 Å². The first-order valence-electron chi connectivity index (χ1n) is 5.05. The zero-order chi connectivity index (χ0) is 11.4. The molecule has 5 heteroatoms. The molecule has 2 aromatic heterocycles. The fraction of sp³-hybridized carbons (Fsp3) is 0.273. The number of nitrogens with one attached hydrogen (secondary N) is 1. The summed E-state index contributed by atoms with van der Waals surface area (Å²) >= 11 is 0. The minimum atomic E-state index is -0.195. The number of carbonyl (C=O) groups excluding carboxylic acids is 1. The molecule has 0 aliphatic rings. The van der Waals surface area contributed by atoms with Crippen LogP contribution in [0.1, 0.15) is 16.4 Å². The van der Waals surface area contributed by atoms with E-state index < -0.39 is 0 Å². The predicted molar refractivity (Wildman–Crippen MR) is 58.0 cm³/mol. The molecule has 1 N–H and O–H groups in total. The average molecular weight is 219 g/mol. The molecule has 0 aromatic carbocycles. The Morgan fingerprint density at radius 2 is 2.50 bits per heavy atom. The second kappa shape index (κ2) is 4.65. The Morgan fingerprint density at radius 1 is 1.62 bits per heavy atom. The van der Waals surface area contributed by atoms with E-state index in [9.17, 15) is 4.79 Å². The number of imidazole rings is 1. The van der Waals surface area contributed by atoms with Crippen LogP contribution in [0.15, 0.2) is 35.2 Å². The number of rotatable bonds is 4. The van der Waals surface area contributed by atoms with Crippen molar-refractivity contribution in [3.63, 3.8) is 0 Å². The van der Waals surface area contributed by atoms with Crippen LogP contribution >= 0.6 is 0 Å². The van der Waals surface area contributed by atoms with Crippen LogP contribution in [-0.4, -0.2) is 22.0 Å². The zero-order valence-electron chi connectivity index (χ0n) is 9.01. The van der Waals surface area contributed by atoms with Gasteiger partial charge in [-0.05, 0) is 12.1 Å². The number of hydrogen-bond acceptors (Lipinski definition) is 3. The maximum absolute atomic E-state index is 11.5. The largest absolute Gasteiger partial charge is 0.459 e. The summed E-state index contributed by atoms with van der Waals surface area (Å²) in [5.74, 6) is 1.08. The second-order valence-corrected chi connectivity index (χ2v) is 3.44. The van der Waals surface area contributed by atoms with Crippen molar-refractivity contribution in [3.05, 3.63) is 42.4 Å². The summed E-state index contributed by atoms with van der Waals surface area (Å²) in [5, 5.41) is 2.76. The third-order valence-corrected chi connectivity index (χ3v) is 2.30. The summed E-state index contributed by atoms with van der Waals surface area (Å²) in [5.41, 5.74) is 0. The monoisotopic (exact) mass is 219 g/mol. The highest BCUT2D eigenvalue weighted by Gasteiger charge is 2.07. The van der Waals surface area contributed by atoms with E-state index in [-0.39, 0.29) is 5.91 Å². The molecule has 0 unspecified atom stereocenters. The Labute approximate surface area is 93.1 Å². The third kappa shape index (κ3) is 2.31. The Bertz CT molecular complexity index is 459. The molecule has 0 radical (unpaired) electrons. The molecule has 16 heavy (non-hydrogen) atoms. The molecular formula is C11H13N3O2. The Morgan fingerprint density at radius 3 is 3.12 bits per heavy atom. The van der Waals surface area contributed by atoms with E-state index in [0.717, 1.165) is 5.82 Å². The summed E-state index contributed by atoms with van der Waals surface area (Å²) < 4.78 is 6.90. The van der Waals surface area contributed by atoms with Gasteiger partial charge in [0.05, 0.1) is 6.26 Å². The van der Waals surface area contributed by atoms with Gasteiger partial charge >= 0.3 is 0 Å². The fourth-order valence-electron chi connectivity index (χ4n) is 1.42. The molecule has 0 atom stereocenters. The number of aromatic nitrogens is 2. The van der Waals surface area contributed by atoms with Crippen LogP contribution in [0.5, 0.6) is 0 Å². The van der Waals surface area contributed by atoms with E-state index in [1.165, 1.54) is 6.26 Å². The number of carbonyl (C=O) groups is 1. The van der Waals surface area contributed by atoms with Gasteiger partial charge in [-0.3, -0.25) is 4.79 Å². The van der Waals surface area contributed by atoms with Crippen molar-refractivity contribution >= 4 is 5.91 Å². The summed E-state index contributed by atoms with van der Waals surface area (Å²) in [6.45, 7) is 0.546. The van der Waals surface area contributed by atoms with Gasteiger partial charge in [0.2, 0.25) is 0 Å². The lowest BCUT2D eigenvalue weighted by Crippen LogP contribution is -2.25. The molecule has 5 nitrogen and oxygen atoms in total. The van der Waals surface area contributed by atoms with Crippen molar-refractivity contribution in [2.24, 2.45) is 7.05 Å². The van der Waals surface area contributed by atoms with Gasteiger partial charge in [-0.25, -0.2) is 4.98 Å². The molecule has 0 bridgehead atoms. The van der Waals surface area contributed by atoms with Crippen LogP contribution in [-0.2, 0) is 13.5 Å². The van der Waals surface area contributed by atoms with Gasteiger partial charge in [0.15, 0.2) is 5.76 Å². The summed E-state index contributed by atoms with van der Waals surface area (Å²) in [6, 6.07) is 3.32. The van der Waals surface area contributed by atoms with Crippen LogP contribution < -0.4 is 5.32 Å². The molecule has 2 heterocycles. The Hall–Kier alpha value is -2.04. The van der Waals surface area contributed by atoms with E-state index >= 15 is 0 Å². The van der Waals surface area contributed by atoms with Gasteiger partial charge in [0.1, 0.15) is 5.82 Å². The molecule has 1 amide bonds. The van der Waals surface area contributed by atoms with E-state index in [1.807, 2.05) is 17.8 Å². The van der Waals surface area contributed by atoms with Crippen molar-refractivity contribution in [2.45, 2.75) is 6.42 Å². The highest BCUT2D eigenvalue weighted by molar-refractivity contribution is 5.91. The van der Waals surface area contributed by atoms with Crippen LogP contribution in [0.2, 0.25) is 0 Å². The quantitative estimate of drug-likeness (QED) is 0.834. The van der Waals surface area contributed by atoms with Crippen LogP contribution in [0.3, 0.4) is 0 Å². The molecule has 0 saturated heterocycles. The van der Waals surface area contributed by atoms with Gasteiger partial charge < -0.3 is 14.3 Å². The van der Waals surface area contributed by atoms with Gasteiger partial charge in [0, 0.05) is 32.4 Å². The number of amides is 1. The molecule has 0 spiro atoms. The van der Waals surface area contributed by atoms with Crippen molar-refractivity contribution in [2.75, 3.05) is 6.54 Å². The molecule has 0 aliphatic carbocycles. The highest BCUT2D eigenvalue weighted by Crippen LogP contribution is 1.99. The Kier molecular flexibility index (Phi) is 3.05. The van der Waals surface area contributed by atoms with Gasteiger partial charge in [-0.1, -0.05) is 0 Å². The molecule has 2 rings (SSSR count). The minimum absolute atomic E-state index is 0.195. The van der Waals surface area contributed by atoms with Crippen LogP contribution in [0, 0.1) is 0 Å². The van der Waals surface area contributed by atoms with Gasteiger partial charge in [-0.15, -0.1) is 0 Å². The smallest absolute Gasteiger partial charge is 0.286 e. The molecule has 0 saturated carbocycles. The lowest BCUT2D eigenvalue weighted by Gasteiger charge is -2.03. The van der Waals surface area contributed by atoms with Crippen LogP contribution in [0.25, 0.3) is 0 Å². The SMILES string of the molecule is Cn1ccnc1CCNC(=O)c1ccco1. The first-order valence-corrected chi connectivity index (χ1v) is 5.05. The third-order valence-electron chi connectivity index (χ3n) is 2.30. The summed E-state index contributed by atoms with van der Waals surface area (Å²) in [6.07, 6.45) is 5.80. The molecular weight excluding hydrogens is 206 g/mol. The zero-order valence-corrected chi connectivity index (χ0v) is 9.01. The fourth-order valence-corrected chi connectivity index (χ4v) is 1.42. The minimum Gasteiger partial charge on any atom is -0.459 e. The number of nitrogens with zero attached hydrogens (tertiary/aromatic N) is 2. The van der Waals surface area contributed by atoms with E-state index in [4.69, 9.17) is 4.42 Å². The predicted octanol–water partition coefficient (Wildman–Crippen LogP) is 0.986. The topological polar surface area (TPSA) is 60.1 Å². The molecule has 0 aliphatic heterocycles. The van der Waals surface area contributed by atoms with Crippen molar-refractivity contribution in [1.82, 2.24) is 14.9 Å². The lowest BCUT2D eigenvalue weighted by molar-refractivity contribution is 0.0926.